The van der Waals surface area contributed by atoms with E-state index in [1.54, 1.807) is 37.4 Å². The molecular formula is C20H24ClF2IN4O3. The van der Waals surface area contributed by atoms with Crippen LogP contribution in [0.5, 0.6) is 11.5 Å². The van der Waals surface area contributed by atoms with Gasteiger partial charge in [-0.15, -0.1) is 24.0 Å². The number of hydrogen-bond acceptors (Lipinski definition) is 4. The highest BCUT2D eigenvalue weighted by Gasteiger charge is 2.12. The Bertz CT molecular complexity index is 887. The first kappa shape index (κ1) is 26.7. The zero-order valence-corrected chi connectivity index (χ0v) is 20.0. The van der Waals surface area contributed by atoms with Gasteiger partial charge in [0.05, 0.1) is 17.7 Å². The molecule has 0 heterocycles. The van der Waals surface area contributed by atoms with Gasteiger partial charge in [-0.3, -0.25) is 9.79 Å². The number of nitrogens with zero attached hydrogens (tertiary/aromatic N) is 1. The van der Waals surface area contributed by atoms with Crippen LogP contribution < -0.4 is 25.4 Å². The van der Waals surface area contributed by atoms with Gasteiger partial charge in [0.15, 0.2) is 5.96 Å². The summed E-state index contributed by atoms with van der Waals surface area (Å²) >= 11 is 6.00. The number of hydrogen-bond donors (Lipinski definition) is 3. The Balaban J connectivity index is 0.00000480. The van der Waals surface area contributed by atoms with Crippen LogP contribution in [0.25, 0.3) is 0 Å². The number of carbonyl (C=O) groups is 1. The highest BCUT2D eigenvalue weighted by atomic mass is 127. The van der Waals surface area contributed by atoms with Crippen molar-refractivity contribution in [3.8, 4) is 11.5 Å². The lowest BCUT2D eigenvalue weighted by atomic mass is 10.2. The maximum absolute atomic E-state index is 12.6. The molecule has 7 nitrogen and oxygen atoms in total. The monoisotopic (exact) mass is 568 g/mol. The maximum Gasteiger partial charge on any atom is 0.387 e. The van der Waals surface area contributed by atoms with Gasteiger partial charge in [0, 0.05) is 32.2 Å². The molecule has 0 bridgehead atoms. The van der Waals surface area contributed by atoms with Crippen LogP contribution in [0.2, 0.25) is 5.02 Å². The number of alkyl halides is 2. The van der Waals surface area contributed by atoms with E-state index >= 15 is 0 Å². The minimum absolute atomic E-state index is 0. The van der Waals surface area contributed by atoms with E-state index in [0.29, 0.717) is 40.9 Å². The predicted octanol–water partition coefficient (Wildman–Crippen LogP) is 3.66. The Morgan fingerprint density at radius 1 is 1.13 bits per heavy atom. The molecular weight excluding hydrogens is 545 g/mol. The summed E-state index contributed by atoms with van der Waals surface area (Å²) in [6.07, 6.45) is 0. The second-order valence-electron chi connectivity index (χ2n) is 5.94. The molecule has 11 heteroatoms. The molecule has 31 heavy (non-hydrogen) atoms. The topological polar surface area (TPSA) is 84.0 Å². The fourth-order valence-electron chi connectivity index (χ4n) is 2.53. The first-order valence-corrected chi connectivity index (χ1v) is 9.41. The van der Waals surface area contributed by atoms with Gasteiger partial charge in [-0.1, -0.05) is 23.7 Å². The summed E-state index contributed by atoms with van der Waals surface area (Å²) in [4.78, 5) is 16.2. The first-order chi connectivity index (χ1) is 14.4. The molecule has 0 atom stereocenters. The number of amides is 1. The van der Waals surface area contributed by atoms with E-state index in [0.717, 1.165) is 0 Å². The third kappa shape index (κ3) is 8.74. The van der Waals surface area contributed by atoms with Gasteiger partial charge in [0.1, 0.15) is 11.5 Å². The molecule has 2 aromatic carbocycles. The van der Waals surface area contributed by atoms with Crippen LogP contribution in [-0.2, 0) is 6.54 Å². The van der Waals surface area contributed by atoms with Crippen molar-refractivity contribution in [2.75, 3.05) is 27.2 Å². The van der Waals surface area contributed by atoms with Crippen molar-refractivity contribution in [1.82, 2.24) is 16.0 Å². The molecule has 0 aliphatic heterocycles. The van der Waals surface area contributed by atoms with Crippen molar-refractivity contribution in [2.24, 2.45) is 4.99 Å². The van der Waals surface area contributed by atoms with E-state index in [4.69, 9.17) is 16.3 Å². The van der Waals surface area contributed by atoms with Crippen molar-refractivity contribution in [2.45, 2.75) is 13.2 Å². The van der Waals surface area contributed by atoms with Gasteiger partial charge in [-0.05, 0) is 30.3 Å². The van der Waals surface area contributed by atoms with Gasteiger partial charge in [-0.25, -0.2) is 0 Å². The lowest BCUT2D eigenvalue weighted by Crippen LogP contribution is -2.41. The quantitative estimate of drug-likeness (QED) is 0.186. The summed E-state index contributed by atoms with van der Waals surface area (Å²) in [5.41, 5.74) is 0.871. The van der Waals surface area contributed by atoms with Crippen molar-refractivity contribution in [1.29, 1.82) is 0 Å². The number of guanidine groups is 1. The second kappa shape index (κ2) is 13.9. The van der Waals surface area contributed by atoms with Crippen LogP contribution in [0.3, 0.4) is 0 Å². The largest absolute Gasteiger partial charge is 0.497 e. The van der Waals surface area contributed by atoms with E-state index in [2.05, 4.69) is 25.7 Å². The van der Waals surface area contributed by atoms with E-state index in [-0.39, 0.29) is 42.2 Å². The van der Waals surface area contributed by atoms with Crippen LogP contribution in [-0.4, -0.2) is 45.7 Å². The Kier molecular flexibility index (Phi) is 11.9. The maximum atomic E-state index is 12.6. The fourth-order valence-corrected chi connectivity index (χ4v) is 2.75. The van der Waals surface area contributed by atoms with Crippen molar-refractivity contribution in [3.05, 3.63) is 58.6 Å². The Hall–Kier alpha value is -2.34. The Labute approximate surface area is 201 Å². The molecule has 2 aromatic rings. The highest BCUT2D eigenvalue weighted by molar-refractivity contribution is 14.0. The van der Waals surface area contributed by atoms with Crippen LogP contribution in [0.15, 0.2) is 47.5 Å². The molecule has 170 valence electrons. The van der Waals surface area contributed by atoms with Crippen LogP contribution in [0.4, 0.5) is 8.78 Å². The number of carbonyl (C=O) groups excluding carboxylic acids is 1. The number of aliphatic imine (C=N–C) groups is 1. The van der Waals surface area contributed by atoms with Crippen molar-refractivity contribution < 1.29 is 23.0 Å². The van der Waals surface area contributed by atoms with E-state index in [1.165, 1.54) is 19.2 Å². The summed E-state index contributed by atoms with van der Waals surface area (Å²) in [5, 5.41) is 9.15. The minimum Gasteiger partial charge on any atom is -0.497 e. The van der Waals surface area contributed by atoms with E-state index in [1.807, 2.05) is 0 Å². The fraction of sp³-hybridized carbons (Fsp3) is 0.300. The minimum atomic E-state index is -2.93. The zero-order valence-electron chi connectivity index (χ0n) is 17.0. The second-order valence-corrected chi connectivity index (χ2v) is 6.35. The number of benzene rings is 2. The molecule has 1 amide bonds. The normalized spacial score (nSPS) is 10.8. The molecule has 0 aliphatic carbocycles. The van der Waals surface area contributed by atoms with Gasteiger partial charge in [0.25, 0.3) is 5.91 Å². The molecule has 0 spiro atoms. The molecule has 0 unspecified atom stereocenters. The van der Waals surface area contributed by atoms with Gasteiger partial charge in [-0.2, -0.15) is 8.78 Å². The van der Waals surface area contributed by atoms with Crippen LogP contribution in [0.1, 0.15) is 15.9 Å². The first-order valence-electron chi connectivity index (χ1n) is 9.03. The highest BCUT2D eigenvalue weighted by Crippen LogP contribution is 2.25. The summed E-state index contributed by atoms with van der Waals surface area (Å²) < 4.78 is 34.9. The third-order valence-electron chi connectivity index (χ3n) is 3.98. The number of rotatable bonds is 9. The third-order valence-corrected chi connectivity index (χ3v) is 4.30. The molecule has 0 aliphatic rings. The van der Waals surface area contributed by atoms with Gasteiger partial charge in [0.2, 0.25) is 0 Å². The average molecular weight is 569 g/mol. The van der Waals surface area contributed by atoms with Gasteiger partial charge < -0.3 is 25.4 Å². The average Bonchev–Trinajstić information content (AvgIpc) is 2.73. The zero-order chi connectivity index (χ0) is 21.9. The lowest BCUT2D eigenvalue weighted by molar-refractivity contribution is -0.0505. The van der Waals surface area contributed by atoms with Crippen LogP contribution >= 0.6 is 35.6 Å². The smallest absolute Gasteiger partial charge is 0.387 e. The molecule has 0 fully saturated rings. The summed E-state index contributed by atoms with van der Waals surface area (Å²) in [5.74, 6) is 0.697. The van der Waals surface area contributed by atoms with E-state index in [9.17, 15) is 13.6 Å². The number of nitrogens with one attached hydrogen (secondary N) is 3. The summed E-state index contributed by atoms with van der Waals surface area (Å²) in [7, 11) is 3.05. The predicted molar refractivity (Wildman–Crippen MR) is 127 cm³/mol. The van der Waals surface area contributed by atoms with Crippen molar-refractivity contribution in [3.63, 3.8) is 0 Å². The Morgan fingerprint density at radius 3 is 2.48 bits per heavy atom. The molecule has 0 aromatic heterocycles. The number of halogens is 4. The SMILES string of the molecule is CN=C(NCCNC(=O)c1ccccc1Cl)NCc1cc(OC)ccc1OC(F)F.I. The van der Waals surface area contributed by atoms with Crippen molar-refractivity contribution >= 4 is 47.4 Å². The molecule has 0 saturated carbocycles. The summed E-state index contributed by atoms with van der Waals surface area (Å²) in [6, 6.07) is 11.3. The van der Waals surface area contributed by atoms with Crippen LogP contribution in [0, 0.1) is 0 Å². The lowest BCUT2D eigenvalue weighted by Gasteiger charge is -2.15. The standard InChI is InChI=1S/C20H23ClF2N4O3.HI/c1-24-20(26-10-9-25-18(28)15-5-3-4-6-16(15)21)27-12-13-11-14(29-2)7-8-17(13)30-19(22)23;/h3-8,11,19H,9-10,12H2,1-2H3,(H,25,28)(H2,24,26,27);1H. The number of ether oxygens (including phenoxy) is 2. The number of methoxy groups -OCH3 is 1. The summed E-state index contributed by atoms with van der Waals surface area (Å²) in [6.45, 7) is -2.06. The van der Waals surface area contributed by atoms with E-state index < -0.39 is 6.61 Å². The molecule has 0 saturated heterocycles. The Morgan fingerprint density at radius 2 is 1.84 bits per heavy atom. The molecule has 3 N–H and O–H groups in total. The molecule has 0 radical (unpaired) electrons. The van der Waals surface area contributed by atoms with Gasteiger partial charge >= 0.3 is 6.61 Å². The molecule has 2 rings (SSSR count).